The molecule has 0 bridgehead atoms. The first kappa shape index (κ1) is 16.6. The molecule has 1 heterocycles. The lowest BCUT2D eigenvalue weighted by Gasteiger charge is -2.40. The molecular weight excluding hydrogens is 359 g/mol. The van der Waals surface area contributed by atoms with Gasteiger partial charge in [-0.3, -0.25) is 0 Å². The zero-order chi connectivity index (χ0) is 19.6. The molecule has 0 atom stereocenters. The maximum atomic E-state index is 10.0. The highest BCUT2D eigenvalue weighted by Crippen LogP contribution is 2.61. The molecule has 1 aliphatic heterocycles. The van der Waals surface area contributed by atoms with Gasteiger partial charge in [0.05, 0.1) is 5.41 Å². The Hall–Kier alpha value is -3.34. The monoisotopic (exact) mass is 376 g/mol. The normalized spacial score (nSPS) is 14.4. The van der Waals surface area contributed by atoms with E-state index in [1.54, 1.807) is 6.07 Å². The summed E-state index contributed by atoms with van der Waals surface area (Å²) in [7, 11) is -1.61. The Balaban J connectivity index is 1.84. The second-order valence-corrected chi connectivity index (χ2v) is 7.54. The number of benzene rings is 4. The molecule has 4 heteroatoms. The molecule has 1 spiro atoms. The Kier molecular flexibility index (Phi) is 3.34. The summed E-state index contributed by atoms with van der Waals surface area (Å²) < 4.78 is 6.27. The van der Waals surface area contributed by atoms with E-state index in [1.165, 1.54) is 22.3 Å². The minimum absolute atomic E-state index is 0.373. The van der Waals surface area contributed by atoms with Gasteiger partial charge in [-0.15, -0.1) is 0 Å². The van der Waals surface area contributed by atoms with Crippen LogP contribution in [0, 0.1) is 0 Å². The van der Waals surface area contributed by atoms with Gasteiger partial charge < -0.3 is 14.8 Å². The van der Waals surface area contributed by atoms with Gasteiger partial charge in [-0.2, -0.15) is 0 Å². The molecule has 2 N–H and O–H groups in total. The predicted molar refractivity (Wildman–Crippen MR) is 114 cm³/mol. The first-order valence-electron chi connectivity index (χ1n) is 9.69. The molecule has 1 aliphatic carbocycles. The SMILES string of the molecule is OB(O)c1cccc2c1Oc1ccccc1C21c2ccccc2-c2ccccc21. The number of fused-ring (bicyclic) bond motifs is 9. The van der Waals surface area contributed by atoms with Crippen LogP contribution in [0.15, 0.2) is 91.0 Å². The lowest BCUT2D eigenvalue weighted by molar-refractivity contribution is 0.413. The lowest BCUT2D eigenvalue weighted by Crippen LogP contribution is -2.38. The molecule has 3 nitrogen and oxygen atoms in total. The van der Waals surface area contributed by atoms with Crippen molar-refractivity contribution in [1.82, 2.24) is 0 Å². The molecule has 2 aliphatic rings. The molecule has 0 amide bonds. The molecule has 0 fully saturated rings. The molecule has 0 saturated heterocycles. The van der Waals surface area contributed by atoms with Gasteiger partial charge in [0.15, 0.2) is 0 Å². The molecule has 0 saturated carbocycles. The summed E-state index contributed by atoms with van der Waals surface area (Å²) in [5.41, 5.74) is 6.56. The fourth-order valence-electron chi connectivity index (χ4n) is 5.10. The largest absolute Gasteiger partial charge is 0.492 e. The highest BCUT2D eigenvalue weighted by Gasteiger charge is 2.51. The second-order valence-electron chi connectivity index (χ2n) is 7.54. The van der Waals surface area contributed by atoms with Crippen LogP contribution in [-0.2, 0) is 5.41 Å². The fraction of sp³-hybridized carbons (Fsp3) is 0.0400. The van der Waals surface area contributed by atoms with Gasteiger partial charge in [-0.25, -0.2) is 0 Å². The summed E-state index contributed by atoms with van der Waals surface area (Å²) >= 11 is 0. The molecule has 0 radical (unpaired) electrons. The van der Waals surface area contributed by atoms with E-state index in [9.17, 15) is 10.0 Å². The van der Waals surface area contributed by atoms with Crippen LogP contribution in [0.3, 0.4) is 0 Å². The van der Waals surface area contributed by atoms with Crippen LogP contribution in [-0.4, -0.2) is 17.2 Å². The van der Waals surface area contributed by atoms with E-state index in [-0.39, 0.29) is 0 Å². The number of rotatable bonds is 1. The van der Waals surface area contributed by atoms with Gasteiger partial charge in [-0.05, 0) is 28.3 Å². The summed E-state index contributed by atoms with van der Waals surface area (Å²) in [5.74, 6) is 1.26. The topological polar surface area (TPSA) is 49.7 Å². The standard InChI is InChI=1S/C25H17BO3/c27-26(28)22-14-7-13-21-24(22)29-23-15-6-5-12-20(23)25(21)18-10-3-1-8-16(18)17-9-2-4-11-19(17)25/h1-15,27-28H. The number of ether oxygens (including phenoxy) is 1. The van der Waals surface area contributed by atoms with Crippen molar-refractivity contribution >= 4 is 12.6 Å². The van der Waals surface area contributed by atoms with Gasteiger partial charge in [0.1, 0.15) is 11.5 Å². The van der Waals surface area contributed by atoms with Crippen LogP contribution in [0.4, 0.5) is 0 Å². The molecule has 0 unspecified atom stereocenters. The third-order valence-corrected chi connectivity index (χ3v) is 6.18. The van der Waals surface area contributed by atoms with Crippen molar-refractivity contribution < 1.29 is 14.8 Å². The Morgan fingerprint density at radius 2 is 1.14 bits per heavy atom. The van der Waals surface area contributed by atoms with E-state index in [0.717, 1.165) is 16.9 Å². The molecule has 138 valence electrons. The summed E-state index contributed by atoms with van der Waals surface area (Å²) in [6, 6.07) is 30.6. The Bertz CT molecular complexity index is 1230. The summed E-state index contributed by atoms with van der Waals surface area (Å²) in [6.07, 6.45) is 0. The summed E-state index contributed by atoms with van der Waals surface area (Å²) in [4.78, 5) is 0. The molecule has 0 aromatic heterocycles. The minimum Gasteiger partial charge on any atom is -0.457 e. The van der Waals surface area contributed by atoms with Crippen LogP contribution in [0.25, 0.3) is 11.1 Å². The van der Waals surface area contributed by atoms with Gasteiger partial charge in [0, 0.05) is 16.6 Å². The van der Waals surface area contributed by atoms with Gasteiger partial charge in [-0.1, -0.05) is 84.9 Å². The lowest BCUT2D eigenvalue weighted by atomic mass is 9.64. The maximum absolute atomic E-state index is 10.0. The van der Waals surface area contributed by atoms with Crippen LogP contribution < -0.4 is 10.2 Å². The maximum Gasteiger partial charge on any atom is 0.492 e. The third kappa shape index (κ3) is 2.00. The van der Waals surface area contributed by atoms with E-state index >= 15 is 0 Å². The van der Waals surface area contributed by atoms with Gasteiger partial charge in [0.25, 0.3) is 0 Å². The summed E-state index contributed by atoms with van der Waals surface area (Å²) in [6.45, 7) is 0. The highest BCUT2D eigenvalue weighted by atomic mass is 16.5. The van der Waals surface area contributed by atoms with Crippen LogP contribution in [0.5, 0.6) is 11.5 Å². The average molecular weight is 376 g/mol. The minimum atomic E-state index is -1.61. The predicted octanol–water partition coefficient (Wildman–Crippen LogP) is 3.84. The Morgan fingerprint density at radius 3 is 1.79 bits per heavy atom. The van der Waals surface area contributed by atoms with Gasteiger partial charge in [0.2, 0.25) is 0 Å². The van der Waals surface area contributed by atoms with Crippen LogP contribution >= 0.6 is 0 Å². The average Bonchev–Trinajstić information content (AvgIpc) is 3.05. The van der Waals surface area contributed by atoms with E-state index in [1.807, 2.05) is 30.3 Å². The van der Waals surface area contributed by atoms with Crippen molar-refractivity contribution in [3.05, 3.63) is 113 Å². The van der Waals surface area contributed by atoms with Crippen molar-refractivity contribution in [2.24, 2.45) is 0 Å². The zero-order valence-electron chi connectivity index (χ0n) is 15.5. The van der Waals surface area contributed by atoms with Crippen molar-refractivity contribution in [1.29, 1.82) is 0 Å². The molecular formula is C25H17BO3. The van der Waals surface area contributed by atoms with Crippen LogP contribution in [0.2, 0.25) is 0 Å². The third-order valence-electron chi connectivity index (χ3n) is 6.18. The quantitative estimate of drug-likeness (QED) is 0.429. The molecule has 6 rings (SSSR count). The van der Waals surface area contributed by atoms with Crippen molar-refractivity contribution in [2.45, 2.75) is 5.41 Å². The molecule has 29 heavy (non-hydrogen) atoms. The first-order valence-corrected chi connectivity index (χ1v) is 9.69. The fourth-order valence-corrected chi connectivity index (χ4v) is 5.10. The van der Waals surface area contributed by atoms with Crippen LogP contribution in [0.1, 0.15) is 22.3 Å². The highest BCUT2D eigenvalue weighted by molar-refractivity contribution is 6.59. The van der Waals surface area contributed by atoms with E-state index in [0.29, 0.717) is 11.2 Å². The van der Waals surface area contributed by atoms with Gasteiger partial charge >= 0.3 is 7.12 Å². The number of hydrogen-bond donors (Lipinski definition) is 2. The number of para-hydroxylation sites is 2. The van der Waals surface area contributed by atoms with E-state index < -0.39 is 12.5 Å². The smallest absolute Gasteiger partial charge is 0.457 e. The number of hydrogen-bond acceptors (Lipinski definition) is 3. The Labute approximate surface area is 169 Å². The van der Waals surface area contributed by atoms with E-state index in [4.69, 9.17) is 4.74 Å². The van der Waals surface area contributed by atoms with Crippen molar-refractivity contribution in [3.63, 3.8) is 0 Å². The van der Waals surface area contributed by atoms with Crippen molar-refractivity contribution in [2.75, 3.05) is 0 Å². The van der Waals surface area contributed by atoms with E-state index in [2.05, 4.69) is 54.6 Å². The molecule has 4 aromatic carbocycles. The van der Waals surface area contributed by atoms with Crippen molar-refractivity contribution in [3.8, 4) is 22.6 Å². The molecule has 4 aromatic rings. The summed E-state index contributed by atoms with van der Waals surface area (Å²) in [5, 5.41) is 20.1. The zero-order valence-corrected chi connectivity index (χ0v) is 15.5. The Morgan fingerprint density at radius 1 is 0.586 bits per heavy atom. The second kappa shape index (κ2) is 5.83. The first-order chi connectivity index (χ1) is 14.2.